The van der Waals surface area contributed by atoms with Crippen molar-refractivity contribution >= 4 is 19.8 Å². The topological polar surface area (TPSA) is 149 Å². The Morgan fingerprint density at radius 2 is 0.825 bits per heavy atom. The second-order valence-electron chi connectivity index (χ2n) is 19.1. The van der Waals surface area contributed by atoms with E-state index in [9.17, 15) is 24.2 Å². The second-order valence-corrected chi connectivity index (χ2v) is 20.6. The summed E-state index contributed by atoms with van der Waals surface area (Å²) in [6.07, 6.45) is 19.4. The molecule has 0 aromatic heterocycles. The summed E-state index contributed by atoms with van der Waals surface area (Å²) in [5.41, 5.74) is 0. The molecule has 0 saturated heterocycles. The quantitative estimate of drug-likeness (QED) is 0.0405. The number of carbonyl (C=O) groups excluding carboxylic acids is 2. The molecule has 0 saturated carbocycles. The van der Waals surface area contributed by atoms with E-state index in [0.717, 1.165) is 62.2 Å². The minimum absolute atomic E-state index is 0.0775. The van der Waals surface area contributed by atoms with Gasteiger partial charge in [0.25, 0.3) is 0 Å². The van der Waals surface area contributed by atoms with Crippen LogP contribution in [0, 0.1) is 47.3 Å². The van der Waals surface area contributed by atoms with E-state index in [4.69, 9.17) is 23.6 Å². The van der Waals surface area contributed by atoms with Crippen LogP contribution in [0.2, 0.25) is 0 Å². The number of esters is 2. The number of aliphatic hydroxyl groups is 2. The van der Waals surface area contributed by atoms with Gasteiger partial charge in [0, 0.05) is 12.8 Å². The van der Waals surface area contributed by atoms with Gasteiger partial charge in [-0.15, -0.1) is 0 Å². The Morgan fingerprint density at radius 1 is 0.491 bits per heavy atom. The van der Waals surface area contributed by atoms with Crippen molar-refractivity contribution < 1.29 is 47.8 Å². The lowest BCUT2D eigenvalue weighted by molar-refractivity contribution is -0.162. The maximum Gasteiger partial charge on any atom is 0.472 e. The average molecular weight is 835 g/mol. The van der Waals surface area contributed by atoms with E-state index in [1.54, 1.807) is 0 Å². The molecule has 0 amide bonds. The monoisotopic (exact) mass is 835 g/mol. The predicted molar refractivity (Wildman–Crippen MR) is 233 cm³/mol. The van der Waals surface area contributed by atoms with Gasteiger partial charge in [-0.25, -0.2) is 4.57 Å². The highest BCUT2D eigenvalue weighted by Crippen LogP contribution is 2.43. The Labute approximate surface area is 350 Å². The zero-order valence-corrected chi connectivity index (χ0v) is 39.3. The summed E-state index contributed by atoms with van der Waals surface area (Å²) < 4.78 is 33.3. The van der Waals surface area contributed by atoms with Gasteiger partial charge in [-0.2, -0.15) is 0 Å². The lowest BCUT2D eigenvalue weighted by Crippen LogP contribution is -2.30. The molecular formula is C46H91O10P. The number of aliphatic hydroxyl groups excluding tert-OH is 2. The van der Waals surface area contributed by atoms with Crippen LogP contribution in [0.4, 0.5) is 0 Å². The molecule has 0 rings (SSSR count). The van der Waals surface area contributed by atoms with Crippen LogP contribution in [0.3, 0.4) is 0 Å². The van der Waals surface area contributed by atoms with Gasteiger partial charge in [0.15, 0.2) is 6.10 Å². The van der Waals surface area contributed by atoms with Crippen LogP contribution < -0.4 is 0 Å². The van der Waals surface area contributed by atoms with E-state index in [1.165, 1.54) is 77.0 Å². The molecule has 0 fully saturated rings. The number of hydrogen-bond acceptors (Lipinski definition) is 9. The van der Waals surface area contributed by atoms with E-state index < -0.39 is 51.8 Å². The first-order chi connectivity index (χ1) is 26.8. The fraction of sp³-hybridized carbons (Fsp3) is 0.957. The Morgan fingerprint density at radius 3 is 1.19 bits per heavy atom. The third kappa shape index (κ3) is 35.4. The Bertz CT molecular complexity index is 1040. The predicted octanol–water partition coefficient (Wildman–Crippen LogP) is 11.9. The van der Waals surface area contributed by atoms with Crippen LogP contribution in [0.1, 0.15) is 198 Å². The molecule has 11 heteroatoms. The van der Waals surface area contributed by atoms with E-state index in [1.807, 2.05) is 13.8 Å². The van der Waals surface area contributed by atoms with Crippen molar-refractivity contribution in [2.45, 2.75) is 210 Å². The molecule has 0 heterocycles. The molecular weight excluding hydrogens is 743 g/mol. The standard InChI is InChI=1S/C46H91O10P/c1-35(2)17-11-19-37(5)21-13-23-39(7)25-15-27-41(9)29-45(49)53-33-44(34-55-57(51,52)54-32-43(48)31-47)56-46(50)30-42(10)28-16-26-40(8)24-14-22-38(6)20-12-18-36(3)4/h35-44,47-48H,11-34H2,1-10H3,(H,51,52)/t37-,38-,39-,40-,41+,42+,43?,44-/m1/s1. The third-order valence-electron chi connectivity index (χ3n) is 11.4. The summed E-state index contributed by atoms with van der Waals surface area (Å²) in [4.78, 5) is 35.8. The summed E-state index contributed by atoms with van der Waals surface area (Å²) in [5.74, 6) is 3.68. The molecule has 0 bridgehead atoms. The first-order valence-electron chi connectivity index (χ1n) is 23.1. The number of hydrogen-bond donors (Lipinski definition) is 3. The molecule has 0 aromatic carbocycles. The summed E-state index contributed by atoms with van der Waals surface area (Å²) >= 11 is 0. The van der Waals surface area contributed by atoms with E-state index in [2.05, 4.69) is 55.4 Å². The molecule has 3 N–H and O–H groups in total. The highest BCUT2D eigenvalue weighted by atomic mass is 31.2. The van der Waals surface area contributed by atoms with Gasteiger partial charge in [0.05, 0.1) is 19.8 Å². The summed E-state index contributed by atoms with van der Waals surface area (Å²) in [6.45, 7) is 20.4. The molecule has 10 nitrogen and oxygen atoms in total. The van der Waals surface area contributed by atoms with E-state index >= 15 is 0 Å². The maximum atomic E-state index is 13.0. The average Bonchev–Trinajstić information content (AvgIpc) is 3.11. The lowest BCUT2D eigenvalue weighted by Gasteiger charge is -2.21. The van der Waals surface area contributed by atoms with Gasteiger partial charge in [-0.05, 0) is 47.3 Å². The molecule has 9 atom stereocenters. The van der Waals surface area contributed by atoms with Crippen molar-refractivity contribution in [3.05, 3.63) is 0 Å². The van der Waals surface area contributed by atoms with Crippen molar-refractivity contribution in [3.63, 3.8) is 0 Å². The first-order valence-corrected chi connectivity index (χ1v) is 24.6. The van der Waals surface area contributed by atoms with E-state index in [0.29, 0.717) is 11.8 Å². The van der Waals surface area contributed by atoms with Crippen molar-refractivity contribution in [1.82, 2.24) is 0 Å². The number of carbonyl (C=O) groups is 2. The molecule has 340 valence electrons. The van der Waals surface area contributed by atoms with Crippen LogP contribution in [0.5, 0.6) is 0 Å². The van der Waals surface area contributed by atoms with Crippen LogP contribution in [-0.2, 0) is 32.7 Å². The Kier molecular flexibility index (Phi) is 33.1. The van der Waals surface area contributed by atoms with E-state index in [-0.39, 0.29) is 31.3 Å². The van der Waals surface area contributed by atoms with Crippen molar-refractivity contribution in [3.8, 4) is 0 Å². The lowest BCUT2D eigenvalue weighted by atomic mass is 9.91. The summed E-state index contributed by atoms with van der Waals surface area (Å²) in [5, 5.41) is 18.5. The summed E-state index contributed by atoms with van der Waals surface area (Å²) in [6, 6.07) is 0. The fourth-order valence-corrected chi connectivity index (χ4v) is 8.19. The number of ether oxygens (including phenoxy) is 2. The molecule has 0 aliphatic rings. The SMILES string of the molecule is CC(C)CCC[C@@H](C)CCC[C@@H](C)CCC[C@H](C)CC(=O)OC[C@H](COP(=O)(O)OCC(O)CO)OC(=O)C[C@@H](C)CCC[C@H](C)CCC[C@H](C)CCCC(C)C. The van der Waals surface area contributed by atoms with Gasteiger partial charge in [-0.1, -0.05) is 185 Å². The summed E-state index contributed by atoms with van der Waals surface area (Å²) in [7, 11) is -4.65. The minimum atomic E-state index is -4.65. The van der Waals surface area contributed by atoms with Crippen LogP contribution in [0.25, 0.3) is 0 Å². The highest BCUT2D eigenvalue weighted by Gasteiger charge is 2.28. The van der Waals surface area contributed by atoms with Crippen molar-refractivity contribution in [1.29, 1.82) is 0 Å². The third-order valence-corrected chi connectivity index (χ3v) is 12.3. The second kappa shape index (κ2) is 33.7. The zero-order valence-electron chi connectivity index (χ0n) is 38.4. The molecule has 0 aliphatic carbocycles. The van der Waals surface area contributed by atoms with Crippen molar-refractivity contribution in [2.75, 3.05) is 26.4 Å². The molecule has 0 spiro atoms. The van der Waals surface area contributed by atoms with Gasteiger partial charge in [-0.3, -0.25) is 18.6 Å². The van der Waals surface area contributed by atoms with Crippen LogP contribution in [0.15, 0.2) is 0 Å². The number of rotatable bonds is 38. The molecule has 0 aliphatic heterocycles. The molecule has 0 aromatic rings. The van der Waals surface area contributed by atoms with Crippen molar-refractivity contribution in [2.24, 2.45) is 47.3 Å². The van der Waals surface area contributed by atoms with Gasteiger partial charge < -0.3 is 24.6 Å². The zero-order chi connectivity index (χ0) is 43.2. The smallest absolute Gasteiger partial charge is 0.462 e. The first kappa shape index (κ1) is 56.0. The number of phosphoric acid groups is 1. The van der Waals surface area contributed by atoms with Gasteiger partial charge >= 0.3 is 19.8 Å². The van der Waals surface area contributed by atoms with Gasteiger partial charge in [0.1, 0.15) is 12.7 Å². The molecule has 57 heavy (non-hydrogen) atoms. The Hall–Kier alpha value is -1.03. The Balaban J connectivity index is 4.77. The van der Waals surface area contributed by atoms with Crippen LogP contribution >= 0.6 is 7.82 Å². The van der Waals surface area contributed by atoms with Crippen LogP contribution in [-0.4, -0.2) is 65.7 Å². The highest BCUT2D eigenvalue weighted by molar-refractivity contribution is 7.47. The fourth-order valence-electron chi connectivity index (χ4n) is 7.40. The largest absolute Gasteiger partial charge is 0.472 e. The molecule has 2 unspecified atom stereocenters. The number of phosphoric ester groups is 1. The minimum Gasteiger partial charge on any atom is -0.462 e. The van der Waals surface area contributed by atoms with Gasteiger partial charge in [0.2, 0.25) is 0 Å². The maximum absolute atomic E-state index is 13.0. The molecule has 0 radical (unpaired) electrons. The normalized spacial score (nSPS) is 17.4.